The molecule has 0 spiro atoms. The van der Waals surface area contributed by atoms with Gasteiger partial charge in [0.05, 0.1) is 7.11 Å². The SMILES string of the molecule is COc1ccc(CNc2nc(NCC(C)(C)C)nc(N3CC[C@H](CNC(=O)OC(C)(C)C)C3)n2)cc1. The Morgan fingerprint density at radius 2 is 1.69 bits per heavy atom. The summed E-state index contributed by atoms with van der Waals surface area (Å²) >= 11 is 0. The number of hydrogen-bond donors (Lipinski definition) is 3. The predicted molar refractivity (Wildman–Crippen MR) is 143 cm³/mol. The fourth-order valence-corrected chi connectivity index (χ4v) is 3.66. The number of methoxy groups -OCH3 is 1. The van der Waals surface area contributed by atoms with Crippen molar-refractivity contribution in [3.8, 4) is 5.75 Å². The van der Waals surface area contributed by atoms with Crippen LogP contribution in [0.15, 0.2) is 24.3 Å². The van der Waals surface area contributed by atoms with Gasteiger partial charge in [-0.2, -0.15) is 15.0 Å². The number of carbonyl (C=O) groups is 1. The Morgan fingerprint density at radius 1 is 1.03 bits per heavy atom. The second kappa shape index (κ2) is 11.6. The van der Waals surface area contributed by atoms with E-state index in [0.29, 0.717) is 30.9 Å². The largest absolute Gasteiger partial charge is 0.497 e. The molecule has 2 heterocycles. The molecule has 36 heavy (non-hydrogen) atoms. The Labute approximate surface area is 214 Å². The molecule has 0 unspecified atom stereocenters. The number of benzene rings is 1. The number of alkyl carbamates (subject to hydrolysis) is 1. The standard InChI is InChI=1S/C26H41N7O3/c1-25(2,3)17-29-22-30-21(27-14-18-8-10-20(35-7)11-9-18)31-23(32-22)33-13-12-19(16-33)15-28-24(34)36-26(4,5)6/h8-11,19H,12-17H2,1-7H3,(H,28,34)(H2,27,29,30,31,32)/t19-/m1/s1. The summed E-state index contributed by atoms with van der Waals surface area (Å²) in [7, 11) is 1.65. The van der Waals surface area contributed by atoms with Gasteiger partial charge >= 0.3 is 6.09 Å². The van der Waals surface area contributed by atoms with Gasteiger partial charge < -0.3 is 30.3 Å². The molecular weight excluding hydrogens is 458 g/mol. The summed E-state index contributed by atoms with van der Waals surface area (Å²) in [6.07, 6.45) is 0.542. The maximum Gasteiger partial charge on any atom is 0.407 e. The van der Waals surface area contributed by atoms with E-state index >= 15 is 0 Å². The maximum absolute atomic E-state index is 12.0. The monoisotopic (exact) mass is 499 g/mol. The van der Waals surface area contributed by atoms with Crippen molar-refractivity contribution < 1.29 is 14.3 Å². The van der Waals surface area contributed by atoms with Crippen molar-refractivity contribution in [1.82, 2.24) is 20.3 Å². The molecule has 1 saturated heterocycles. The third kappa shape index (κ3) is 9.05. The number of anilines is 3. The van der Waals surface area contributed by atoms with Crippen molar-refractivity contribution in [1.29, 1.82) is 0 Å². The fourth-order valence-electron chi connectivity index (χ4n) is 3.66. The van der Waals surface area contributed by atoms with Gasteiger partial charge in [-0.05, 0) is 56.2 Å². The van der Waals surface area contributed by atoms with Crippen LogP contribution < -0.4 is 25.6 Å². The molecule has 0 radical (unpaired) electrons. The lowest BCUT2D eigenvalue weighted by Crippen LogP contribution is -2.36. The molecular formula is C26H41N7O3. The van der Waals surface area contributed by atoms with Gasteiger partial charge in [-0.25, -0.2) is 4.79 Å². The van der Waals surface area contributed by atoms with Crippen LogP contribution in [0.25, 0.3) is 0 Å². The van der Waals surface area contributed by atoms with E-state index in [0.717, 1.165) is 37.4 Å². The second-order valence-corrected chi connectivity index (χ2v) is 11.4. The number of ether oxygens (including phenoxy) is 2. The molecule has 1 aromatic carbocycles. The summed E-state index contributed by atoms with van der Waals surface area (Å²) in [6.45, 7) is 15.5. The van der Waals surface area contributed by atoms with Crippen LogP contribution in [-0.4, -0.2) is 59.9 Å². The van der Waals surface area contributed by atoms with Crippen LogP contribution in [0.5, 0.6) is 5.75 Å². The molecule has 3 N–H and O–H groups in total. The number of aromatic nitrogens is 3. The zero-order chi connectivity index (χ0) is 26.3. The van der Waals surface area contributed by atoms with Crippen LogP contribution in [0.4, 0.5) is 22.6 Å². The molecule has 1 atom stereocenters. The summed E-state index contributed by atoms with van der Waals surface area (Å²) in [5.41, 5.74) is 0.661. The third-order valence-corrected chi connectivity index (χ3v) is 5.51. The molecule has 1 fully saturated rings. The van der Waals surface area contributed by atoms with Crippen molar-refractivity contribution in [2.45, 2.75) is 60.1 Å². The van der Waals surface area contributed by atoms with Gasteiger partial charge in [-0.15, -0.1) is 0 Å². The van der Waals surface area contributed by atoms with Crippen LogP contribution in [-0.2, 0) is 11.3 Å². The van der Waals surface area contributed by atoms with Gasteiger partial charge in [0, 0.05) is 32.7 Å². The highest BCUT2D eigenvalue weighted by Crippen LogP contribution is 2.23. The molecule has 1 amide bonds. The van der Waals surface area contributed by atoms with Crippen LogP contribution >= 0.6 is 0 Å². The Balaban J connectivity index is 1.67. The minimum absolute atomic E-state index is 0.0789. The second-order valence-electron chi connectivity index (χ2n) is 11.4. The van der Waals surface area contributed by atoms with Crippen LogP contribution in [0, 0.1) is 11.3 Å². The van der Waals surface area contributed by atoms with Gasteiger partial charge in [0.1, 0.15) is 11.4 Å². The lowest BCUT2D eigenvalue weighted by atomic mass is 9.97. The molecule has 1 aliphatic rings. The molecule has 1 aromatic heterocycles. The highest BCUT2D eigenvalue weighted by Gasteiger charge is 2.27. The normalized spacial score (nSPS) is 16.0. The molecule has 0 aliphatic carbocycles. The average Bonchev–Trinajstić information content (AvgIpc) is 3.28. The number of hydrogen-bond acceptors (Lipinski definition) is 9. The molecule has 2 aromatic rings. The first-order valence-corrected chi connectivity index (χ1v) is 12.5. The van der Waals surface area contributed by atoms with Crippen molar-refractivity contribution in [3.63, 3.8) is 0 Å². The zero-order valence-electron chi connectivity index (χ0n) is 22.6. The lowest BCUT2D eigenvalue weighted by Gasteiger charge is -2.22. The van der Waals surface area contributed by atoms with Crippen molar-refractivity contribution in [2.24, 2.45) is 11.3 Å². The average molecular weight is 500 g/mol. The van der Waals surface area contributed by atoms with E-state index in [4.69, 9.17) is 19.4 Å². The summed E-state index contributed by atoms with van der Waals surface area (Å²) < 4.78 is 10.6. The molecule has 10 heteroatoms. The summed E-state index contributed by atoms with van der Waals surface area (Å²) in [4.78, 5) is 28.2. The Morgan fingerprint density at radius 3 is 2.31 bits per heavy atom. The van der Waals surface area contributed by atoms with Gasteiger partial charge in [-0.3, -0.25) is 0 Å². The Hall–Kier alpha value is -3.30. The van der Waals surface area contributed by atoms with E-state index in [1.807, 2.05) is 45.0 Å². The molecule has 0 saturated carbocycles. The summed E-state index contributed by atoms with van der Waals surface area (Å²) in [5, 5.41) is 9.57. The number of nitrogens with zero attached hydrogens (tertiary/aromatic N) is 4. The maximum atomic E-state index is 12.0. The molecule has 0 bridgehead atoms. The highest BCUT2D eigenvalue weighted by atomic mass is 16.6. The Bertz CT molecular complexity index is 1000. The number of nitrogens with one attached hydrogen (secondary N) is 3. The molecule has 3 rings (SSSR count). The van der Waals surface area contributed by atoms with E-state index in [2.05, 4.69) is 46.6 Å². The van der Waals surface area contributed by atoms with Crippen molar-refractivity contribution >= 4 is 23.9 Å². The number of amides is 1. The summed E-state index contributed by atoms with van der Waals surface area (Å²) in [6, 6.07) is 7.88. The first-order valence-electron chi connectivity index (χ1n) is 12.5. The van der Waals surface area contributed by atoms with Gasteiger partial charge in [0.25, 0.3) is 0 Å². The smallest absolute Gasteiger partial charge is 0.407 e. The minimum atomic E-state index is -0.512. The minimum Gasteiger partial charge on any atom is -0.497 e. The Kier molecular flexibility index (Phi) is 8.81. The molecule has 10 nitrogen and oxygen atoms in total. The first-order chi connectivity index (χ1) is 16.9. The van der Waals surface area contributed by atoms with E-state index in [1.54, 1.807) is 7.11 Å². The van der Waals surface area contributed by atoms with Crippen molar-refractivity contribution in [3.05, 3.63) is 29.8 Å². The number of carbonyl (C=O) groups excluding carboxylic acids is 1. The lowest BCUT2D eigenvalue weighted by molar-refractivity contribution is 0.0520. The van der Waals surface area contributed by atoms with E-state index in [-0.39, 0.29) is 17.4 Å². The van der Waals surface area contributed by atoms with E-state index < -0.39 is 5.60 Å². The third-order valence-electron chi connectivity index (χ3n) is 5.51. The molecule has 1 aliphatic heterocycles. The first kappa shape index (κ1) is 27.3. The van der Waals surface area contributed by atoms with Crippen LogP contribution in [0.3, 0.4) is 0 Å². The van der Waals surface area contributed by atoms with Crippen molar-refractivity contribution in [2.75, 3.05) is 48.8 Å². The van der Waals surface area contributed by atoms with Gasteiger partial charge in [-0.1, -0.05) is 32.9 Å². The predicted octanol–water partition coefficient (Wildman–Crippen LogP) is 4.30. The zero-order valence-corrected chi connectivity index (χ0v) is 22.6. The number of rotatable bonds is 9. The van der Waals surface area contributed by atoms with E-state index in [9.17, 15) is 4.79 Å². The molecule has 198 valence electrons. The van der Waals surface area contributed by atoms with Crippen LogP contribution in [0.2, 0.25) is 0 Å². The fraction of sp³-hybridized carbons (Fsp3) is 0.615. The topological polar surface area (TPSA) is 114 Å². The van der Waals surface area contributed by atoms with Gasteiger partial charge in [0.2, 0.25) is 17.8 Å². The highest BCUT2D eigenvalue weighted by molar-refractivity contribution is 5.67. The quantitative estimate of drug-likeness (QED) is 0.465. The van der Waals surface area contributed by atoms with Gasteiger partial charge in [0.15, 0.2) is 0 Å². The summed E-state index contributed by atoms with van der Waals surface area (Å²) in [5.74, 6) is 2.79. The van der Waals surface area contributed by atoms with Crippen LogP contribution in [0.1, 0.15) is 53.5 Å². The van der Waals surface area contributed by atoms with E-state index in [1.165, 1.54) is 0 Å².